The van der Waals surface area contributed by atoms with E-state index in [2.05, 4.69) is 5.10 Å². The van der Waals surface area contributed by atoms with Crippen molar-refractivity contribution >= 4 is 15.7 Å². The van der Waals surface area contributed by atoms with E-state index in [0.717, 1.165) is 11.1 Å². The third kappa shape index (κ3) is 3.53. The quantitative estimate of drug-likeness (QED) is 0.822. The molecule has 0 N–H and O–H groups in total. The first-order chi connectivity index (χ1) is 11.8. The number of hydrogen-bond donors (Lipinski definition) is 0. The Morgan fingerprint density at radius 1 is 1.36 bits per heavy atom. The molecule has 7 nitrogen and oxygen atoms in total. The van der Waals surface area contributed by atoms with Crippen LogP contribution < -0.4 is 4.74 Å². The maximum absolute atomic E-state index is 13.0. The van der Waals surface area contributed by atoms with Crippen molar-refractivity contribution in [1.82, 2.24) is 14.7 Å². The number of aromatic nitrogens is 2. The zero-order chi connectivity index (χ0) is 18.2. The maximum atomic E-state index is 13.0. The van der Waals surface area contributed by atoms with Gasteiger partial charge in [0.15, 0.2) is 9.84 Å². The number of nitrogens with zero attached hydrogens (tertiary/aromatic N) is 3. The van der Waals surface area contributed by atoms with Crippen molar-refractivity contribution in [2.45, 2.75) is 13.0 Å². The van der Waals surface area contributed by atoms with Crippen LogP contribution in [0.2, 0.25) is 0 Å². The van der Waals surface area contributed by atoms with Gasteiger partial charge in [-0.2, -0.15) is 5.10 Å². The molecule has 1 aromatic heterocycles. The van der Waals surface area contributed by atoms with Gasteiger partial charge in [0.1, 0.15) is 5.75 Å². The van der Waals surface area contributed by atoms with Gasteiger partial charge < -0.3 is 9.64 Å². The number of carbonyl (C=O) groups is 1. The van der Waals surface area contributed by atoms with Gasteiger partial charge in [-0.1, -0.05) is 6.07 Å². The summed E-state index contributed by atoms with van der Waals surface area (Å²) < 4.78 is 31.1. The van der Waals surface area contributed by atoms with E-state index in [4.69, 9.17) is 4.74 Å². The fourth-order valence-corrected chi connectivity index (χ4v) is 4.55. The Kier molecular flexibility index (Phi) is 4.55. The molecular formula is C17H21N3O4S. The van der Waals surface area contributed by atoms with Crippen LogP contribution in [0.5, 0.6) is 5.75 Å². The number of benzene rings is 1. The number of sulfone groups is 1. The number of aryl methyl sites for hydroxylation is 2. The molecule has 1 aromatic carbocycles. The highest BCUT2D eigenvalue weighted by molar-refractivity contribution is 7.91. The highest BCUT2D eigenvalue weighted by Gasteiger charge is 2.36. The summed E-state index contributed by atoms with van der Waals surface area (Å²) >= 11 is 0. The number of ether oxygens (including phenoxy) is 1. The first kappa shape index (κ1) is 17.5. The van der Waals surface area contributed by atoms with E-state index in [9.17, 15) is 13.2 Å². The van der Waals surface area contributed by atoms with Gasteiger partial charge in [0.05, 0.1) is 30.9 Å². The first-order valence-electron chi connectivity index (χ1n) is 7.95. The number of hydrogen-bond acceptors (Lipinski definition) is 5. The minimum Gasteiger partial charge on any atom is -0.496 e. The van der Waals surface area contributed by atoms with Crippen LogP contribution in [0, 0.1) is 6.92 Å². The van der Waals surface area contributed by atoms with E-state index in [1.54, 1.807) is 48.3 Å². The molecule has 2 heterocycles. The Labute approximate surface area is 147 Å². The SMILES string of the molecule is COc1cc(C(=O)N2CCS(=O)(=O)CC2c2cnn(C)c2)ccc1C. The van der Waals surface area contributed by atoms with E-state index in [0.29, 0.717) is 11.3 Å². The van der Waals surface area contributed by atoms with Crippen molar-refractivity contribution < 1.29 is 17.9 Å². The van der Waals surface area contributed by atoms with Crippen LogP contribution in [0.1, 0.15) is 27.5 Å². The van der Waals surface area contributed by atoms with Gasteiger partial charge >= 0.3 is 0 Å². The molecule has 0 radical (unpaired) electrons. The maximum Gasteiger partial charge on any atom is 0.254 e. The molecule has 8 heteroatoms. The van der Waals surface area contributed by atoms with E-state index >= 15 is 0 Å². The second-order valence-corrected chi connectivity index (χ2v) is 8.49. The topological polar surface area (TPSA) is 81.5 Å². The number of methoxy groups -OCH3 is 1. The Bertz CT molecular complexity index is 904. The van der Waals surface area contributed by atoms with E-state index in [-0.39, 0.29) is 24.0 Å². The van der Waals surface area contributed by atoms with Crippen LogP contribution in [-0.4, -0.2) is 54.2 Å². The lowest BCUT2D eigenvalue weighted by molar-refractivity contribution is 0.0697. The van der Waals surface area contributed by atoms with Crippen LogP contribution in [0.15, 0.2) is 30.6 Å². The van der Waals surface area contributed by atoms with Crippen LogP contribution in [0.25, 0.3) is 0 Å². The highest BCUT2D eigenvalue weighted by Crippen LogP contribution is 2.29. The highest BCUT2D eigenvalue weighted by atomic mass is 32.2. The predicted molar refractivity (Wildman–Crippen MR) is 93.4 cm³/mol. The Morgan fingerprint density at radius 3 is 2.76 bits per heavy atom. The Balaban J connectivity index is 1.96. The largest absolute Gasteiger partial charge is 0.496 e. The number of amides is 1. The van der Waals surface area contributed by atoms with Gasteiger partial charge in [0, 0.05) is 30.9 Å². The minimum absolute atomic E-state index is 0.0293. The lowest BCUT2D eigenvalue weighted by Gasteiger charge is -2.35. The third-order valence-corrected chi connectivity index (χ3v) is 6.08. The van der Waals surface area contributed by atoms with Gasteiger partial charge in [-0.3, -0.25) is 9.48 Å². The summed E-state index contributed by atoms with van der Waals surface area (Å²) in [6, 6.07) is 4.73. The van der Waals surface area contributed by atoms with E-state index < -0.39 is 15.9 Å². The fourth-order valence-electron chi connectivity index (χ4n) is 3.06. The summed E-state index contributed by atoms with van der Waals surface area (Å²) in [4.78, 5) is 14.6. The van der Waals surface area contributed by atoms with Crippen molar-refractivity contribution in [2.24, 2.45) is 7.05 Å². The minimum atomic E-state index is -3.19. The molecule has 1 fully saturated rings. The van der Waals surface area contributed by atoms with Crippen molar-refractivity contribution in [1.29, 1.82) is 0 Å². The summed E-state index contributed by atoms with van der Waals surface area (Å²) in [5.74, 6) is 0.307. The monoisotopic (exact) mass is 363 g/mol. The number of rotatable bonds is 3. The number of carbonyl (C=O) groups excluding carboxylic acids is 1. The molecule has 1 saturated heterocycles. The second kappa shape index (κ2) is 6.51. The average Bonchev–Trinajstić information content (AvgIpc) is 3.00. The molecule has 1 aliphatic heterocycles. The molecule has 1 aliphatic rings. The fraction of sp³-hybridized carbons (Fsp3) is 0.412. The third-order valence-electron chi connectivity index (χ3n) is 4.46. The van der Waals surface area contributed by atoms with E-state index in [1.165, 1.54) is 0 Å². The summed E-state index contributed by atoms with van der Waals surface area (Å²) in [6.07, 6.45) is 3.36. The summed E-state index contributed by atoms with van der Waals surface area (Å²) in [5.41, 5.74) is 2.14. The van der Waals surface area contributed by atoms with Crippen LogP contribution in [0.4, 0.5) is 0 Å². The second-order valence-electron chi connectivity index (χ2n) is 6.26. The average molecular weight is 363 g/mol. The summed E-state index contributed by atoms with van der Waals surface area (Å²) in [6.45, 7) is 2.07. The molecular weight excluding hydrogens is 342 g/mol. The van der Waals surface area contributed by atoms with Gasteiger partial charge in [0.25, 0.3) is 5.91 Å². The first-order valence-corrected chi connectivity index (χ1v) is 9.77. The van der Waals surface area contributed by atoms with Gasteiger partial charge in [-0.15, -0.1) is 0 Å². The molecule has 0 spiro atoms. The van der Waals surface area contributed by atoms with Crippen LogP contribution >= 0.6 is 0 Å². The van der Waals surface area contributed by atoms with Crippen molar-refractivity contribution in [2.75, 3.05) is 25.2 Å². The molecule has 1 amide bonds. The standard InChI is InChI=1S/C17H21N3O4S/c1-12-4-5-13(8-16(12)24-3)17(21)20-6-7-25(22,23)11-15(20)14-9-18-19(2)10-14/h4-5,8-10,15H,6-7,11H2,1-3H3. The Morgan fingerprint density at radius 2 is 2.12 bits per heavy atom. The summed E-state index contributed by atoms with van der Waals surface area (Å²) in [5, 5.41) is 4.11. The molecule has 0 saturated carbocycles. The van der Waals surface area contributed by atoms with Gasteiger partial charge in [-0.25, -0.2) is 8.42 Å². The van der Waals surface area contributed by atoms with Crippen molar-refractivity contribution in [3.8, 4) is 5.75 Å². The molecule has 2 aromatic rings. The van der Waals surface area contributed by atoms with E-state index in [1.807, 2.05) is 13.0 Å². The molecule has 134 valence electrons. The van der Waals surface area contributed by atoms with Gasteiger partial charge in [-0.05, 0) is 24.6 Å². The normalized spacial score (nSPS) is 19.6. The van der Waals surface area contributed by atoms with Crippen LogP contribution in [-0.2, 0) is 16.9 Å². The zero-order valence-electron chi connectivity index (χ0n) is 14.5. The lowest BCUT2D eigenvalue weighted by Crippen LogP contribution is -2.46. The van der Waals surface area contributed by atoms with Crippen LogP contribution in [0.3, 0.4) is 0 Å². The molecule has 1 unspecified atom stereocenters. The molecule has 3 rings (SSSR count). The lowest BCUT2D eigenvalue weighted by atomic mass is 10.1. The molecule has 0 aliphatic carbocycles. The molecule has 25 heavy (non-hydrogen) atoms. The molecule has 0 bridgehead atoms. The predicted octanol–water partition coefficient (Wildman–Crippen LogP) is 1.35. The van der Waals surface area contributed by atoms with Crippen molar-refractivity contribution in [3.63, 3.8) is 0 Å². The Hall–Kier alpha value is -2.35. The smallest absolute Gasteiger partial charge is 0.254 e. The summed E-state index contributed by atoms with van der Waals surface area (Å²) in [7, 11) is 0.125. The van der Waals surface area contributed by atoms with Gasteiger partial charge in [0.2, 0.25) is 0 Å². The molecule has 1 atom stereocenters. The van der Waals surface area contributed by atoms with Crippen molar-refractivity contribution in [3.05, 3.63) is 47.3 Å². The zero-order valence-corrected chi connectivity index (χ0v) is 15.3.